The van der Waals surface area contributed by atoms with Gasteiger partial charge in [0.1, 0.15) is 0 Å². The molecule has 3 N–H and O–H groups in total. The third-order valence-electron chi connectivity index (χ3n) is 2.91. The lowest BCUT2D eigenvalue weighted by Gasteiger charge is -2.15. The number of nitrogens with two attached hydrogens (primary N) is 1. The highest BCUT2D eigenvalue weighted by Gasteiger charge is 2.18. The van der Waals surface area contributed by atoms with E-state index in [1.54, 1.807) is 13.0 Å². The maximum atomic E-state index is 12.3. The van der Waals surface area contributed by atoms with Crippen LogP contribution in [-0.2, 0) is 10.0 Å². The van der Waals surface area contributed by atoms with Gasteiger partial charge in [-0.2, -0.15) is 0 Å². The Morgan fingerprint density at radius 2 is 1.80 bits per heavy atom. The molecule has 0 fully saturated rings. The van der Waals surface area contributed by atoms with E-state index < -0.39 is 10.0 Å². The predicted octanol–water partition coefficient (Wildman–Crippen LogP) is 3.07. The van der Waals surface area contributed by atoms with E-state index in [0.29, 0.717) is 10.2 Å². The zero-order chi connectivity index (χ0) is 14.8. The summed E-state index contributed by atoms with van der Waals surface area (Å²) in [6.45, 7) is 1.80. The van der Waals surface area contributed by atoms with Gasteiger partial charge in [-0.3, -0.25) is 0 Å². The number of benzene rings is 2. The molecular weight excluding hydrogens is 340 g/mol. The number of hydrogen-bond acceptors (Lipinski definition) is 3. The van der Waals surface area contributed by atoms with Crippen molar-refractivity contribution in [2.75, 3.05) is 5.73 Å². The molecule has 0 spiro atoms. The average Bonchev–Trinajstić information content (AvgIpc) is 2.42. The van der Waals surface area contributed by atoms with Crippen LogP contribution in [0.2, 0.25) is 0 Å². The summed E-state index contributed by atoms with van der Waals surface area (Å²) >= 11 is 3.24. The number of nitrogen functional groups attached to an aromatic ring is 1. The molecule has 0 radical (unpaired) electrons. The van der Waals surface area contributed by atoms with E-state index in [4.69, 9.17) is 5.73 Å². The van der Waals surface area contributed by atoms with Crippen molar-refractivity contribution in [2.45, 2.75) is 17.9 Å². The summed E-state index contributed by atoms with van der Waals surface area (Å²) in [6.07, 6.45) is 0. The molecule has 0 aliphatic rings. The molecule has 2 aromatic rings. The smallest absolute Gasteiger partial charge is 0.241 e. The van der Waals surface area contributed by atoms with Crippen LogP contribution in [0.1, 0.15) is 18.5 Å². The quantitative estimate of drug-likeness (QED) is 0.828. The third kappa shape index (κ3) is 3.39. The van der Waals surface area contributed by atoms with E-state index in [1.807, 2.05) is 30.3 Å². The monoisotopic (exact) mass is 354 g/mol. The fourth-order valence-corrected chi connectivity index (χ4v) is 3.31. The maximum absolute atomic E-state index is 12.3. The van der Waals surface area contributed by atoms with Gasteiger partial charge in [-0.15, -0.1) is 0 Å². The normalized spacial score (nSPS) is 13.1. The Hall–Kier alpha value is -1.37. The second kappa shape index (κ2) is 5.95. The molecule has 2 aromatic carbocycles. The lowest BCUT2D eigenvalue weighted by atomic mass is 10.1. The highest BCUT2D eigenvalue weighted by molar-refractivity contribution is 9.10. The van der Waals surface area contributed by atoms with Crippen molar-refractivity contribution in [3.8, 4) is 0 Å². The van der Waals surface area contributed by atoms with Crippen LogP contribution in [0, 0.1) is 0 Å². The molecule has 6 heteroatoms. The molecule has 0 aromatic heterocycles. The van der Waals surface area contributed by atoms with Gasteiger partial charge in [0, 0.05) is 16.2 Å². The summed E-state index contributed by atoms with van der Waals surface area (Å²) in [6, 6.07) is 13.6. The van der Waals surface area contributed by atoms with Gasteiger partial charge in [-0.05, 0) is 46.6 Å². The first-order valence-corrected chi connectivity index (χ1v) is 8.30. The van der Waals surface area contributed by atoms with Crippen LogP contribution in [0.5, 0.6) is 0 Å². The Kier molecular flexibility index (Phi) is 4.47. The summed E-state index contributed by atoms with van der Waals surface area (Å²) in [5.41, 5.74) is 7.01. The molecule has 0 amide bonds. The minimum absolute atomic E-state index is 0.154. The molecular formula is C14H15BrN2O2S. The number of anilines is 1. The molecule has 1 atom stereocenters. The van der Waals surface area contributed by atoms with Gasteiger partial charge in [0.05, 0.1) is 4.90 Å². The lowest BCUT2D eigenvalue weighted by molar-refractivity contribution is 0.567. The summed E-state index contributed by atoms with van der Waals surface area (Å²) in [7, 11) is -3.60. The average molecular weight is 355 g/mol. The first-order chi connectivity index (χ1) is 9.40. The first kappa shape index (κ1) is 15.0. The molecule has 106 valence electrons. The van der Waals surface area contributed by atoms with Crippen molar-refractivity contribution in [3.63, 3.8) is 0 Å². The second-order valence-electron chi connectivity index (χ2n) is 4.44. The Morgan fingerprint density at radius 1 is 1.15 bits per heavy atom. The van der Waals surface area contributed by atoms with Gasteiger partial charge in [-0.25, -0.2) is 13.1 Å². The largest absolute Gasteiger partial charge is 0.398 e. The topological polar surface area (TPSA) is 72.2 Å². The van der Waals surface area contributed by atoms with Crippen LogP contribution in [0.4, 0.5) is 5.69 Å². The van der Waals surface area contributed by atoms with E-state index in [1.165, 1.54) is 12.1 Å². The third-order valence-corrected chi connectivity index (χ3v) is 5.17. The number of rotatable bonds is 4. The summed E-state index contributed by atoms with van der Waals surface area (Å²) in [5.74, 6) is 0. The van der Waals surface area contributed by atoms with Crippen molar-refractivity contribution in [1.82, 2.24) is 4.72 Å². The Balaban J connectivity index is 2.25. The van der Waals surface area contributed by atoms with Gasteiger partial charge >= 0.3 is 0 Å². The number of halogens is 1. The van der Waals surface area contributed by atoms with Crippen LogP contribution in [-0.4, -0.2) is 8.42 Å². The van der Waals surface area contributed by atoms with Gasteiger partial charge in [0.15, 0.2) is 0 Å². The van der Waals surface area contributed by atoms with Crippen molar-refractivity contribution < 1.29 is 8.42 Å². The SMILES string of the molecule is C[C@H](NS(=O)(=O)c1ccc(Br)c(N)c1)c1ccccc1. The standard InChI is InChI=1S/C14H15BrN2O2S/c1-10(11-5-3-2-4-6-11)17-20(18,19)12-7-8-13(15)14(16)9-12/h2-10,17H,16H2,1H3/t10-/m0/s1. The lowest BCUT2D eigenvalue weighted by Crippen LogP contribution is -2.26. The highest BCUT2D eigenvalue weighted by Crippen LogP contribution is 2.24. The van der Waals surface area contributed by atoms with Crippen molar-refractivity contribution >= 4 is 31.6 Å². The van der Waals surface area contributed by atoms with Crippen LogP contribution in [0.15, 0.2) is 57.9 Å². The van der Waals surface area contributed by atoms with Crippen molar-refractivity contribution in [1.29, 1.82) is 0 Å². The minimum atomic E-state index is -3.60. The fourth-order valence-electron chi connectivity index (χ4n) is 1.80. The predicted molar refractivity (Wildman–Crippen MR) is 83.7 cm³/mol. The molecule has 0 heterocycles. The van der Waals surface area contributed by atoms with Crippen molar-refractivity contribution in [2.24, 2.45) is 0 Å². The highest BCUT2D eigenvalue weighted by atomic mass is 79.9. The maximum Gasteiger partial charge on any atom is 0.241 e. The zero-order valence-corrected chi connectivity index (χ0v) is 13.3. The fraction of sp³-hybridized carbons (Fsp3) is 0.143. The molecule has 4 nitrogen and oxygen atoms in total. The van der Waals surface area contributed by atoms with Crippen LogP contribution < -0.4 is 10.5 Å². The summed E-state index contributed by atoms with van der Waals surface area (Å²) in [4.78, 5) is 0.154. The second-order valence-corrected chi connectivity index (χ2v) is 7.01. The first-order valence-electron chi connectivity index (χ1n) is 6.02. The summed E-state index contributed by atoms with van der Waals surface area (Å²) in [5, 5.41) is 0. The van der Waals surface area contributed by atoms with Crippen LogP contribution in [0.25, 0.3) is 0 Å². The molecule has 0 aliphatic carbocycles. The molecule has 20 heavy (non-hydrogen) atoms. The van der Waals surface area contributed by atoms with Gasteiger partial charge < -0.3 is 5.73 Å². The van der Waals surface area contributed by atoms with Crippen LogP contribution in [0.3, 0.4) is 0 Å². The van der Waals surface area contributed by atoms with E-state index in [0.717, 1.165) is 5.56 Å². The number of hydrogen-bond donors (Lipinski definition) is 2. The van der Waals surface area contributed by atoms with Crippen LogP contribution >= 0.6 is 15.9 Å². The van der Waals surface area contributed by atoms with E-state index in [9.17, 15) is 8.42 Å². The Bertz CT molecular complexity index is 702. The van der Waals surface area contributed by atoms with Gasteiger partial charge in [-0.1, -0.05) is 30.3 Å². The molecule has 0 saturated carbocycles. The van der Waals surface area contributed by atoms with Gasteiger partial charge in [0.2, 0.25) is 10.0 Å². The summed E-state index contributed by atoms with van der Waals surface area (Å²) < 4.78 is 27.9. The Labute approximate surface area is 127 Å². The van der Waals surface area contributed by atoms with E-state index >= 15 is 0 Å². The van der Waals surface area contributed by atoms with E-state index in [2.05, 4.69) is 20.7 Å². The van der Waals surface area contributed by atoms with Gasteiger partial charge in [0.25, 0.3) is 0 Å². The number of sulfonamides is 1. The Morgan fingerprint density at radius 3 is 2.40 bits per heavy atom. The molecule has 2 rings (SSSR count). The van der Waals surface area contributed by atoms with E-state index in [-0.39, 0.29) is 10.9 Å². The molecule has 0 aliphatic heterocycles. The molecule has 0 unspecified atom stereocenters. The number of nitrogens with one attached hydrogen (secondary N) is 1. The zero-order valence-electron chi connectivity index (χ0n) is 10.9. The van der Waals surface area contributed by atoms with Crippen molar-refractivity contribution in [3.05, 3.63) is 58.6 Å². The molecule has 0 bridgehead atoms. The minimum Gasteiger partial charge on any atom is -0.398 e. The molecule has 0 saturated heterocycles.